The maximum absolute atomic E-state index is 4.20. The third-order valence-electron chi connectivity index (χ3n) is 1.13. The van der Waals surface area contributed by atoms with Gasteiger partial charge >= 0.3 is 0 Å². The molecule has 2 rings (SSSR count). The normalized spacial score (nSPS) is 30.1. The van der Waals surface area contributed by atoms with Gasteiger partial charge in [-0.25, -0.2) is 15.0 Å². The number of amidine groups is 1. The predicted molar refractivity (Wildman–Crippen MR) is 40.4 cm³/mol. The fourth-order valence-corrected chi connectivity index (χ4v) is 1.58. The van der Waals surface area contributed by atoms with Crippen LogP contribution in [-0.4, -0.2) is 22.6 Å². The number of hydrogen-bond acceptors (Lipinski definition) is 4. The van der Waals surface area contributed by atoms with Gasteiger partial charge in [0.1, 0.15) is 16.8 Å². The number of nitrogens with zero attached hydrogens (tertiary/aromatic N) is 3. The van der Waals surface area contributed by atoms with Gasteiger partial charge in [-0.2, -0.15) is 0 Å². The van der Waals surface area contributed by atoms with Crippen LogP contribution in [0, 0.1) is 0 Å². The van der Waals surface area contributed by atoms with Crippen molar-refractivity contribution < 1.29 is 0 Å². The average molecular weight is 139 g/mol. The van der Waals surface area contributed by atoms with Crippen LogP contribution in [-0.2, 0) is 0 Å². The van der Waals surface area contributed by atoms with Crippen molar-refractivity contribution in [1.29, 1.82) is 0 Å². The third kappa shape index (κ3) is 0.702. The SMILES string of the molecule is CC1N=C2N=CN=C2S1. The van der Waals surface area contributed by atoms with E-state index < -0.39 is 0 Å². The molecule has 0 aromatic carbocycles. The van der Waals surface area contributed by atoms with Gasteiger partial charge in [-0.15, -0.1) is 0 Å². The first kappa shape index (κ1) is 5.17. The van der Waals surface area contributed by atoms with Gasteiger partial charge in [-0.3, -0.25) is 0 Å². The summed E-state index contributed by atoms with van der Waals surface area (Å²) in [6.45, 7) is 2.04. The van der Waals surface area contributed by atoms with Gasteiger partial charge in [0, 0.05) is 0 Å². The van der Waals surface area contributed by atoms with E-state index in [0.29, 0.717) is 5.37 Å². The molecule has 1 atom stereocenters. The van der Waals surface area contributed by atoms with Crippen molar-refractivity contribution in [1.82, 2.24) is 0 Å². The van der Waals surface area contributed by atoms with Crippen molar-refractivity contribution in [3.63, 3.8) is 0 Å². The highest BCUT2D eigenvalue weighted by Gasteiger charge is 2.22. The summed E-state index contributed by atoms with van der Waals surface area (Å²) in [7, 11) is 0. The molecule has 0 amide bonds. The van der Waals surface area contributed by atoms with Gasteiger partial charge in [-0.1, -0.05) is 11.8 Å². The summed E-state index contributed by atoms with van der Waals surface area (Å²) in [6, 6.07) is 0. The van der Waals surface area contributed by atoms with Crippen LogP contribution >= 0.6 is 11.8 Å². The Morgan fingerprint density at radius 2 is 2.56 bits per heavy atom. The van der Waals surface area contributed by atoms with E-state index in [1.165, 1.54) is 0 Å². The molecule has 2 heterocycles. The minimum Gasteiger partial charge on any atom is -0.250 e. The molecular formula is C5H5N3S. The van der Waals surface area contributed by atoms with Gasteiger partial charge in [0.25, 0.3) is 0 Å². The molecule has 0 saturated carbocycles. The molecule has 0 aromatic heterocycles. The Balaban J connectivity index is 2.40. The highest BCUT2D eigenvalue weighted by atomic mass is 32.2. The number of rotatable bonds is 0. The summed E-state index contributed by atoms with van der Waals surface area (Å²) in [6.07, 6.45) is 1.55. The zero-order valence-corrected chi connectivity index (χ0v) is 5.72. The molecule has 46 valence electrons. The molecule has 3 nitrogen and oxygen atoms in total. The van der Waals surface area contributed by atoms with Crippen molar-refractivity contribution in [2.24, 2.45) is 15.0 Å². The number of hydrogen-bond donors (Lipinski definition) is 0. The molecule has 0 radical (unpaired) electrons. The Hall–Kier alpha value is -0.640. The Morgan fingerprint density at radius 1 is 1.67 bits per heavy atom. The van der Waals surface area contributed by atoms with Crippen LogP contribution < -0.4 is 0 Å². The van der Waals surface area contributed by atoms with E-state index in [1.54, 1.807) is 18.1 Å². The topological polar surface area (TPSA) is 37.1 Å². The predicted octanol–water partition coefficient (Wildman–Crippen LogP) is 0.918. The summed E-state index contributed by atoms with van der Waals surface area (Å²) in [4.78, 5) is 12.2. The lowest BCUT2D eigenvalue weighted by Crippen LogP contribution is -1.94. The third-order valence-corrected chi connectivity index (χ3v) is 2.09. The van der Waals surface area contributed by atoms with Crippen LogP contribution in [0.25, 0.3) is 0 Å². The summed E-state index contributed by atoms with van der Waals surface area (Å²) in [5.41, 5.74) is 0. The van der Waals surface area contributed by atoms with E-state index in [0.717, 1.165) is 10.9 Å². The summed E-state index contributed by atoms with van der Waals surface area (Å²) in [5.74, 6) is 0.813. The van der Waals surface area contributed by atoms with Gasteiger partial charge in [0.15, 0.2) is 5.84 Å². The van der Waals surface area contributed by atoms with Crippen LogP contribution in [0.1, 0.15) is 6.92 Å². The molecule has 0 spiro atoms. The second-order valence-electron chi connectivity index (χ2n) is 1.85. The molecule has 1 unspecified atom stereocenters. The van der Waals surface area contributed by atoms with Gasteiger partial charge in [0.05, 0.1) is 0 Å². The molecule has 2 aliphatic heterocycles. The molecule has 9 heavy (non-hydrogen) atoms. The molecule has 2 aliphatic rings. The smallest absolute Gasteiger partial charge is 0.183 e. The maximum Gasteiger partial charge on any atom is 0.183 e. The summed E-state index contributed by atoms with van der Waals surface area (Å²) in [5, 5.41) is 1.29. The van der Waals surface area contributed by atoms with Crippen molar-refractivity contribution in [2.45, 2.75) is 12.3 Å². The van der Waals surface area contributed by atoms with E-state index in [2.05, 4.69) is 15.0 Å². The average Bonchev–Trinajstić information content (AvgIpc) is 2.22. The standard InChI is InChI=1S/C5H5N3S/c1-3-8-4-5(9-3)7-2-6-4/h2-3H,1H3. The van der Waals surface area contributed by atoms with Crippen LogP contribution in [0.5, 0.6) is 0 Å². The molecule has 0 saturated heterocycles. The van der Waals surface area contributed by atoms with Crippen LogP contribution in [0.3, 0.4) is 0 Å². The lowest BCUT2D eigenvalue weighted by molar-refractivity contribution is 1.06. The Labute approximate surface area is 57.0 Å². The van der Waals surface area contributed by atoms with E-state index in [1.807, 2.05) is 6.92 Å². The van der Waals surface area contributed by atoms with E-state index in [-0.39, 0.29) is 0 Å². The number of fused-ring (bicyclic) bond motifs is 1. The Bertz CT molecular complexity index is 228. The monoisotopic (exact) mass is 139 g/mol. The van der Waals surface area contributed by atoms with E-state index in [9.17, 15) is 0 Å². The Morgan fingerprint density at radius 3 is 3.33 bits per heavy atom. The molecule has 4 heteroatoms. The van der Waals surface area contributed by atoms with Crippen molar-refractivity contribution in [3.8, 4) is 0 Å². The quantitative estimate of drug-likeness (QED) is 0.491. The fourth-order valence-electron chi connectivity index (χ4n) is 0.781. The van der Waals surface area contributed by atoms with Crippen LogP contribution in [0.2, 0.25) is 0 Å². The summed E-state index contributed by atoms with van der Waals surface area (Å²) < 4.78 is 0. The first-order valence-corrected chi connectivity index (χ1v) is 3.59. The second-order valence-corrected chi connectivity index (χ2v) is 3.15. The first-order chi connectivity index (χ1) is 4.36. The molecule has 0 fully saturated rings. The molecule has 0 N–H and O–H groups in total. The van der Waals surface area contributed by atoms with Crippen molar-refractivity contribution >= 4 is 29.0 Å². The number of thioether (sulfide) groups is 1. The molecule has 0 aliphatic carbocycles. The highest BCUT2D eigenvalue weighted by molar-refractivity contribution is 8.16. The maximum atomic E-state index is 4.20. The Kier molecular flexibility index (Phi) is 0.958. The van der Waals surface area contributed by atoms with E-state index >= 15 is 0 Å². The zero-order chi connectivity index (χ0) is 6.27. The lowest BCUT2D eigenvalue weighted by Gasteiger charge is -1.89. The number of aliphatic imine (C=N–C) groups is 3. The minimum absolute atomic E-state index is 0.316. The highest BCUT2D eigenvalue weighted by Crippen LogP contribution is 2.24. The molecular weight excluding hydrogens is 134 g/mol. The fraction of sp³-hybridized carbons (Fsp3) is 0.400. The molecule has 0 aromatic rings. The first-order valence-electron chi connectivity index (χ1n) is 2.71. The van der Waals surface area contributed by atoms with Gasteiger partial charge in [0.2, 0.25) is 0 Å². The summed E-state index contributed by atoms with van der Waals surface area (Å²) >= 11 is 1.66. The van der Waals surface area contributed by atoms with Crippen molar-refractivity contribution in [3.05, 3.63) is 0 Å². The lowest BCUT2D eigenvalue weighted by atomic mass is 10.6. The molecule has 0 bridgehead atoms. The van der Waals surface area contributed by atoms with Crippen molar-refractivity contribution in [2.75, 3.05) is 0 Å². The van der Waals surface area contributed by atoms with E-state index in [4.69, 9.17) is 0 Å². The van der Waals surface area contributed by atoms with Gasteiger partial charge < -0.3 is 0 Å². The van der Waals surface area contributed by atoms with Crippen LogP contribution in [0.4, 0.5) is 0 Å². The van der Waals surface area contributed by atoms with Gasteiger partial charge in [-0.05, 0) is 6.92 Å². The second kappa shape index (κ2) is 1.67. The largest absolute Gasteiger partial charge is 0.250 e. The minimum atomic E-state index is 0.316. The van der Waals surface area contributed by atoms with Crippen LogP contribution in [0.15, 0.2) is 15.0 Å². The zero-order valence-electron chi connectivity index (χ0n) is 4.90.